The molecule has 156 valence electrons. The number of carbonyl (C=O) groups excluding carboxylic acids is 2. The van der Waals surface area contributed by atoms with Gasteiger partial charge < -0.3 is 10.8 Å². The molecule has 6 heteroatoms. The van der Waals surface area contributed by atoms with Crippen molar-refractivity contribution < 1.29 is 14.7 Å². The second-order valence-electron chi connectivity index (χ2n) is 6.14. The maximum Gasteiger partial charge on any atom is 0.217 e. The molecule has 0 bridgehead atoms. The van der Waals surface area contributed by atoms with E-state index in [0.717, 1.165) is 11.5 Å². The number of benzene rings is 1. The molecule has 0 saturated carbocycles. The van der Waals surface area contributed by atoms with Crippen molar-refractivity contribution in [3.05, 3.63) is 34.2 Å². The topological polar surface area (TPSA) is 110 Å². The Morgan fingerprint density at radius 3 is 2.07 bits per heavy atom. The summed E-state index contributed by atoms with van der Waals surface area (Å²) in [5.41, 5.74) is 5.83. The van der Waals surface area contributed by atoms with Crippen molar-refractivity contribution in [1.29, 1.82) is 0 Å². The molecule has 1 atom stereocenters. The molecule has 0 fully saturated rings. The number of primary amides is 1. The van der Waals surface area contributed by atoms with Crippen LogP contribution in [0.5, 0.6) is 5.75 Å². The minimum Gasteiger partial charge on any atom is -0.507 e. The number of carbonyl (C=O) groups is 2. The lowest BCUT2D eigenvalue weighted by molar-refractivity contribution is -0.117. The molecule has 0 aliphatic carbocycles. The number of hydrogen-bond donors (Lipinski definition) is 2. The van der Waals surface area contributed by atoms with Crippen molar-refractivity contribution in [2.45, 2.75) is 73.1 Å². The fourth-order valence-corrected chi connectivity index (χ4v) is 1.77. The largest absolute Gasteiger partial charge is 0.507 e. The predicted molar refractivity (Wildman–Crippen MR) is 113 cm³/mol. The van der Waals surface area contributed by atoms with Crippen LogP contribution in [-0.4, -0.2) is 24.3 Å². The van der Waals surface area contributed by atoms with E-state index in [1.807, 2.05) is 0 Å². The Morgan fingerprint density at radius 1 is 1.26 bits per heavy atom. The van der Waals surface area contributed by atoms with Crippen molar-refractivity contribution in [1.82, 2.24) is 0 Å². The van der Waals surface area contributed by atoms with Gasteiger partial charge in [-0.3, -0.25) is 9.59 Å². The lowest BCUT2D eigenvalue weighted by Gasteiger charge is -2.05. The van der Waals surface area contributed by atoms with Gasteiger partial charge in [0.25, 0.3) is 0 Å². The summed E-state index contributed by atoms with van der Waals surface area (Å²) in [7, 11) is 1.19. The van der Waals surface area contributed by atoms with Crippen LogP contribution >= 0.6 is 0 Å². The van der Waals surface area contributed by atoms with Crippen LogP contribution < -0.4 is 5.73 Å². The van der Waals surface area contributed by atoms with Gasteiger partial charge in [-0.05, 0) is 24.5 Å². The Balaban J connectivity index is -0.000000311. The average Bonchev–Trinajstić information content (AvgIpc) is 2.63. The highest BCUT2D eigenvalue weighted by Gasteiger charge is 2.00. The Hall–Kier alpha value is -2.24. The molecular formula is C21H38N2O4. The molecule has 0 aromatic heterocycles. The second kappa shape index (κ2) is 21.8. The number of hydrogen-bond acceptors (Lipinski definition) is 5. The number of phenols is 1. The van der Waals surface area contributed by atoms with Crippen molar-refractivity contribution in [3.8, 4) is 5.75 Å². The molecule has 0 aliphatic heterocycles. The number of nitroso groups, excluding NO2 is 1. The van der Waals surface area contributed by atoms with Gasteiger partial charge in [0.2, 0.25) is 5.91 Å². The molecule has 0 spiro atoms. The van der Waals surface area contributed by atoms with Gasteiger partial charge in [-0.15, -0.1) is 0 Å². The molecule has 1 aromatic rings. The summed E-state index contributed by atoms with van der Waals surface area (Å²) in [6, 6.07) is 4.98. The first-order chi connectivity index (χ1) is 12.7. The fraction of sp³-hybridized carbons (Fsp3) is 0.619. The van der Waals surface area contributed by atoms with E-state index in [1.165, 1.54) is 45.2 Å². The lowest BCUT2D eigenvalue weighted by Crippen LogP contribution is -2.06. The molecule has 3 N–H and O–H groups in total. The number of amides is 1. The molecule has 1 unspecified atom stereocenters. The Morgan fingerprint density at radius 2 is 1.78 bits per heavy atom. The summed E-state index contributed by atoms with van der Waals surface area (Å²) in [6.45, 7) is 10.4. The highest BCUT2D eigenvalue weighted by molar-refractivity contribution is 5.81. The van der Waals surface area contributed by atoms with E-state index in [-0.39, 0.29) is 11.7 Å². The van der Waals surface area contributed by atoms with E-state index in [2.05, 4.69) is 31.7 Å². The number of aryl methyl sites for hydroxylation is 1. The number of aromatic hydroxyl groups is 1. The number of phenolic OH excluding ortho intramolecular Hbond substituents is 1. The molecule has 0 radical (unpaired) electrons. The Bertz CT molecular complexity index is 485. The molecule has 0 heterocycles. The number of aldehydes is 1. The van der Waals surface area contributed by atoms with Crippen LogP contribution in [0.2, 0.25) is 0 Å². The first-order valence-corrected chi connectivity index (χ1v) is 9.48. The Kier molecular flexibility index (Phi) is 23.8. The quantitative estimate of drug-likeness (QED) is 0.374. The van der Waals surface area contributed by atoms with Gasteiger partial charge in [0.1, 0.15) is 5.75 Å². The zero-order valence-corrected chi connectivity index (χ0v) is 17.8. The van der Waals surface area contributed by atoms with Crippen LogP contribution in [0.4, 0.5) is 0 Å². The molecule has 1 aromatic carbocycles. The minimum atomic E-state index is -0.245. The SMILES string of the molecule is CCC(N)=O.CCCCCC(C)CC.CN=O.Cc1cccc(O)c1C=O. The third-order valence-corrected chi connectivity index (χ3v) is 3.76. The van der Waals surface area contributed by atoms with Gasteiger partial charge in [0.05, 0.1) is 12.6 Å². The van der Waals surface area contributed by atoms with Gasteiger partial charge in [-0.2, -0.15) is 4.91 Å². The van der Waals surface area contributed by atoms with Crippen LogP contribution in [0, 0.1) is 17.7 Å². The summed E-state index contributed by atoms with van der Waals surface area (Å²) in [4.78, 5) is 28.4. The van der Waals surface area contributed by atoms with Gasteiger partial charge in [-0.1, -0.05) is 77.1 Å². The standard InChI is InChI=1S/C9H20.C8H8O2.C3H7NO.CH3NO/c1-4-6-7-8-9(3)5-2;1-6-3-2-4-8(10)7(6)5-9;1-2-3(4)5;1-2-3/h9H,4-8H2,1-3H3;2-5,10H,1H3;2H2,1H3,(H2,4,5);1H3. The molecular weight excluding hydrogens is 344 g/mol. The van der Waals surface area contributed by atoms with E-state index >= 15 is 0 Å². The number of nitrogens with two attached hydrogens (primary N) is 1. The Labute approximate surface area is 164 Å². The van der Waals surface area contributed by atoms with Crippen molar-refractivity contribution in [3.63, 3.8) is 0 Å². The zero-order chi connectivity index (χ0) is 21.7. The third-order valence-electron chi connectivity index (χ3n) is 3.76. The smallest absolute Gasteiger partial charge is 0.217 e. The van der Waals surface area contributed by atoms with Crippen molar-refractivity contribution in [2.75, 3.05) is 7.05 Å². The number of nitrogens with zero attached hydrogens (tertiary/aromatic N) is 1. The van der Waals surface area contributed by atoms with Crippen LogP contribution in [-0.2, 0) is 4.79 Å². The summed E-state index contributed by atoms with van der Waals surface area (Å²) in [6.07, 6.45) is 8.10. The van der Waals surface area contributed by atoms with Gasteiger partial charge >= 0.3 is 0 Å². The molecule has 0 aliphatic rings. The van der Waals surface area contributed by atoms with Crippen molar-refractivity contribution in [2.24, 2.45) is 16.8 Å². The minimum absolute atomic E-state index is 0.0509. The van der Waals surface area contributed by atoms with Crippen molar-refractivity contribution >= 4 is 12.2 Å². The molecule has 1 rings (SSSR count). The lowest BCUT2D eigenvalue weighted by atomic mass is 10.0. The highest BCUT2D eigenvalue weighted by atomic mass is 16.3. The van der Waals surface area contributed by atoms with E-state index in [4.69, 9.17) is 10.0 Å². The van der Waals surface area contributed by atoms with E-state index in [0.29, 0.717) is 18.3 Å². The summed E-state index contributed by atoms with van der Waals surface area (Å²) >= 11 is 0. The zero-order valence-electron chi connectivity index (χ0n) is 17.8. The van der Waals surface area contributed by atoms with Crippen LogP contribution in [0.15, 0.2) is 23.4 Å². The average molecular weight is 383 g/mol. The van der Waals surface area contributed by atoms with Crippen LogP contribution in [0.1, 0.15) is 82.1 Å². The normalized spacial score (nSPS) is 9.85. The molecule has 27 heavy (non-hydrogen) atoms. The highest BCUT2D eigenvalue weighted by Crippen LogP contribution is 2.17. The number of rotatable bonds is 7. The molecule has 6 nitrogen and oxygen atoms in total. The summed E-state index contributed by atoms with van der Waals surface area (Å²) in [5.74, 6) is 0.761. The predicted octanol–water partition coefficient (Wildman–Crippen LogP) is 5.39. The fourth-order valence-electron chi connectivity index (χ4n) is 1.77. The maximum absolute atomic E-state index is 10.3. The first kappa shape index (κ1) is 29.5. The van der Waals surface area contributed by atoms with Crippen LogP contribution in [0.25, 0.3) is 0 Å². The van der Waals surface area contributed by atoms with E-state index in [1.54, 1.807) is 26.0 Å². The third kappa shape index (κ3) is 21.7. The van der Waals surface area contributed by atoms with Gasteiger partial charge in [-0.25, -0.2) is 0 Å². The monoisotopic (exact) mass is 382 g/mol. The molecule has 0 saturated heterocycles. The van der Waals surface area contributed by atoms with E-state index in [9.17, 15) is 9.59 Å². The van der Waals surface area contributed by atoms with E-state index < -0.39 is 0 Å². The van der Waals surface area contributed by atoms with Gasteiger partial charge in [0, 0.05) is 6.42 Å². The van der Waals surface area contributed by atoms with Crippen LogP contribution in [0.3, 0.4) is 0 Å². The summed E-state index contributed by atoms with van der Waals surface area (Å²) < 4.78 is 0. The molecule has 1 amide bonds. The summed E-state index contributed by atoms with van der Waals surface area (Å²) in [5, 5.41) is 11.3. The second-order valence-corrected chi connectivity index (χ2v) is 6.14. The first-order valence-electron chi connectivity index (χ1n) is 9.48. The van der Waals surface area contributed by atoms with Gasteiger partial charge in [0.15, 0.2) is 6.29 Å². The number of unbranched alkanes of at least 4 members (excludes halogenated alkanes) is 2. The maximum atomic E-state index is 10.3.